The predicted octanol–water partition coefficient (Wildman–Crippen LogP) is 3.28. The maximum atomic E-state index is 12.5. The first-order valence-electron chi connectivity index (χ1n) is 8.87. The van der Waals surface area contributed by atoms with Gasteiger partial charge in [0.15, 0.2) is 0 Å². The van der Waals surface area contributed by atoms with Crippen molar-refractivity contribution in [3.05, 3.63) is 29.8 Å². The lowest BCUT2D eigenvalue weighted by molar-refractivity contribution is -0.131. The lowest BCUT2D eigenvalue weighted by atomic mass is 10.0. The van der Waals surface area contributed by atoms with E-state index in [2.05, 4.69) is 48.4 Å². The number of carbonyl (C=O) groups excluding carboxylic acids is 1. The Morgan fingerprint density at radius 1 is 1.28 bits per heavy atom. The van der Waals surface area contributed by atoms with Gasteiger partial charge in [-0.1, -0.05) is 37.7 Å². The molecule has 134 valence electrons. The number of aromatic nitrogens is 4. The van der Waals surface area contributed by atoms with E-state index in [0.717, 1.165) is 25.1 Å². The Kier molecular flexibility index (Phi) is 5.73. The van der Waals surface area contributed by atoms with Crippen LogP contribution in [0.1, 0.15) is 51.5 Å². The molecule has 1 aliphatic rings. The lowest BCUT2D eigenvalue weighted by Gasteiger charge is -2.33. The number of hydrogen-bond donors (Lipinski definition) is 0. The smallest absolute Gasteiger partial charge is 0.233 e. The Bertz CT molecular complexity index is 713. The zero-order valence-electron chi connectivity index (χ0n) is 15.1. The normalized spacial score (nSPS) is 17.9. The molecule has 1 amide bonds. The molecule has 0 radical (unpaired) electrons. The summed E-state index contributed by atoms with van der Waals surface area (Å²) in [6.45, 7) is 7.32. The van der Waals surface area contributed by atoms with E-state index in [1.807, 2.05) is 17.0 Å². The second kappa shape index (κ2) is 7.99. The molecular weight excluding hydrogens is 334 g/mol. The predicted molar refractivity (Wildman–Crippen MR) is 99.0 cm³/mol. The van der Waals surface area contributed by atoms with E-state index in [1.54, 1.807) is 4.68 Å². The highest BCUT2D eigenvalue weighted by Gasteiger charge is 2.23. The Morgan fingerprint density at radius 2 is 2.04 bits per heavy atom. The van der Waals surface area contributed by atoms with Crippen molar-refractivity contribution in [1.29, 1.82) is 0 Å². The molecule has 0 N–H and O–H groups in total. The quantitative estimate of drug-likeness (QED) is 0.767. The number of amides is 1. The standard InChI is InChI=1S/C18H25N5OS/c1-13(2)15-7-9-16(10-8-15)23-18(19-20-21-23)25-12-17(24)22-11-5-4-6-14(22)3/h7-10,13-14H,4-6,11-12H2,1-3H3/t14-/m1/s1. The van der Waals surface area contributed by atoms with Crippen LogP contribution in [0.15, 0.2) is 29.4 Å². The minimum absolute atomic E-state index is 0.168. The third-order valence-corrected chi connectivity index (χ3v) is 5.60. The molecule has 0 spiro atoms. The summed E-state index contributed by atoms with van der Waals surface area (Å²) >= 11 is 1.40. The van der Waals surface area contributed by atoms with Gasteiger partial charge in [-0.3, -0.25) is 4.79 Å². The summed E-state index contributed by atoms with van der Waals surface area (Å²) in [7, 11) is 0. The van der Waals surface area contributed by atoms with Crippen molar-refractivity contribution in [3.8, 4) is 5.69 Å². The second-order valence-corrected chi connectivity index (χ2v) is 7.78. The van der Waals surface area contributed by atoms with Gasteiger partial charge < -0.3 is 4.90 Å². The van der Waals surface area contributed by atoms with Crippen molar-refractivity contribution in [1.82, 2.24) is 25.1 Å². The molecule has 3 rings (SSSR count). The summed E-state index contributed by atoms with van der Waals surface area (Å²) in [5.41, 5.74) is 2.19. The number of tetrazole rings is 1. The van der Waals surface area contributed by atoms with Crippen LogP contribution in [0.25, 0.3) is 5.69 Å². The van der Waals surface area contributed by atoms with Crippen LogP contribution in [-0.4, -0.2) is 49.4 Å². The van der Waals surface area contributed by atoms with E-state index < -0.39 is 0 Å². The molecule has 0 bridgehead atoms. The number of piperidine rings is 1. The number of nitrogens with zero attached hydrogens (tertiary/aromatic N) is 5. The van der Waals surface area contributed by atoms with Crippen LogP contribution in [0.5, 0.6) is 0 Å². The SMILES string of the molecule is CC(C)c1ccc(-n2nnnc2SCC(=O)N2CCCC[C@H]2C)cc1. The molecule has 6 nitrogen and oxygen atoms in total. The maximum absolute atomic E-state index is 12.5. The van der Waals surface area contributed by atoms with E-state index >= 15 is 0 Å². The van der Waals surface area contributed by atoms with Gasteiger partial charge in [-0.2, -0.15) is 4.68 Å². The van der Waals surface area contributed by atoms with Crippen molar-refractivity contribution in [2.75, 3.05) is 12.3 Å². The molecular formula is C18H25N5OS. The number of thioether (sulfide) groups is 1. The third kappa shape index (κ3) is 4.21. The highest BCUT2D eigenvalue weighted by atomic mass is 32.2. The van der Waals surface area contributed by atoms with Gasteiger partial charge in [-0.15, -0.1) is 5.10 Å². The first kappa shape index (κ1) is 17.9. The molecule has 1 aromatic carbocycles. The summed E-state index contributed by atoms with van der Waals surface area (Å²) in [4.78, 5) is 14.5. The highest BCUT2D eigenvalue weighted by molar-refractivity contribution is 7.99. The van der Waals surface area contributed by atoms with Crippen molar-refractivity contribution in [2.24, 2.45) is 0 Å². The van der Waals surface area contributed by atoms with Gasteiger partial charge in [0.25, 0.3) is 0 Å². The Balaban J connectivity index is 1.66. The van der Waals surface area contributed by atoms with Crippen LogP contribution in [0.3, 0.4) is 0 Å². The number of benzene rings is 1. The number of likely N-dealkylation sites (tertiary alicyclic amines) is 1. The van der Waals surface area contributed by atoms with Crippen LogP contribution in [0, 0.1) is 0 Å². The van der Waals surface area contributed by atoms with E-state index in [0.29, 0.717) is 22.9 Å². The van der Waals surface area contributed by atoms with Gasteiger partial charge in [-0.05, 0) is 60.2 Å². The van der Waals surface area contributed by atoms with Gasteiger partial charge in [0.05, 0.1) is 11.4 Å². The molecule has 2 heterocycles. The van der Waals surface area contributed by atoms with Crippen molar-refractivity contribution < 1.29 is 4.79 Å². The topological polar surface area (TPSA) is 63.9 Å². The van der Waals surface area contributed by atoms with Gasteiger partial charge in [-0.25, -0.2) is 0 Å². The fourth-order valence-electron chi connectivity index (χ4n) is 3.11. The summed E-state index contributed by atoms with van der Waals surface area (Å²) in [6, 6.07) is 8.56. The minimum atomic E-state index is 0.168. The largest absolute Gasteiger partial charge is 0.339 e. The van der Waals surface area contributed by atoms with Crippen molar-refractivity contribution in [2.45, 2.75) is 57.1 Å². The molecule has 25 heavy (non-hydrogen) atoms. The van der Waals surface area contributed by atoms with E-state index in [-0.39, 0.29) is 5.91 Å². The van der Waals surface area contributed by atoms with Crippen molar-refractivity contribution in [3.63, 3.8) is 0 Å². The average Bonchev–Trinajstić information content (AvgIpc) is 3.08. The fourth-order valence-corrected chi connectivity index (χ4v) is 3.89. The fraction of sp³-hybridized carbons (Fsp3) is 0.556. The molecule has 1 fully saturated rings. The maximum Gasteiger partial charge on any atom is 0.233 e. The Labute approximate surface area is 153 Å². The molecule has 1 aliphatic heterocycles. The van der Waals surface area contributed by atoms with Crippen LogP contribution >= 0.6 is 11.8 Å². The molecule has 1 atom stereocenters. The van der Waals surface area contributed by atoms with Gasteiger partial charge in [0, 0.05) is 12.6 Å². The molecule has 0 saturated carbocycles. The number of hydrogen-bond acceptors (Lipinski definition) is 5. The monoisotopic (exact) mass is 359 g/mol. The van der Waals surface area contributed by atoms with Crippen LogP contribution in [0.2, 0.25) is 0 Å². The molecule has 1 aromatic heterocycles. The molecule has 1 saturated heterocycles. The molecule has 0 aliphatic carbocycles. The Morgan fingerprint density at radius 3 is 2.72 bits per heavy atom. The van der Waals surface area contributed by atoms with Crippen LogP contribution in [0.4, 0.5) is 0 Å². The summed E-state index contributed by atoms with van der Waals surface area (Å²) < 4.78 is 1.70. The van der Waals surface area contributed by atoms with Crippen molar-refractivity contribution >= 4 is 17.7 Å². The van der Waals surface area contributed by atoms with Gasteiger partial charge in [0.1, 0.15) is 0 Å². The number of carbonyl (C=O) groups is 1. The van der Waals surface area contributed by atoms with Gasteiger partial charge in [0.2, 0.25) is 11.1 Å². The average molecular weight is 359 g/mol. The van der Waals surface area contributed by atoms with E-state index in [1.165, 1.54) is 23.7 Å². The molecule has 2 aromatic rings. The van der Waals surface area contributed by atoms with Crippen LogP contribution in [-0.2, 0) is 4.79 Å². The van der Waals surface area contributed by atoms with E-state index in [9.17, 15) is 4.79 Å². The number of rotatable bonds is 5. The van der Waals surface area contributed by atoms with E-state index in [4.69, 9.17) is 0 Å². The van der Waals surface area contributed by atoms with Crippen LogP contribution < -0.4 is 0 Å². The second-order valence-electron chi connectivity index (χ2n) is 6.84. The summed E-state index contributed by atoms with van der Waals surface area (Å²) in [5, 5.41) is 12.6. The first-order chi connectivity index (χ1) is 12.1. The first-order valence-corrected chi connectivity index (χ1v) is 9.86. The lowest BCUT2D eigenvalue weighted by Crippen LogP contribution is -2.42. The summed E-state index contributed by atoms with van der Waals surface area (Å²) in [6.07, 6.45) is 3.40. The zero-order valence-corrected chi connectivity index (χ0v) is 15.9. The molecule has 7 heteroatoms. The highest BCUT2D eigenvalue weighted by Crippen LogP contribution is 2.23. The third-order valence-electron chi connectivity index (χ3n) is 4.69. The zero-order chi connectivity index (χ0) is 17.8. The van der Waals surface area contributed by atoms with Gasteiger partial charge >= 0.3 is 0 Å². The summed E-state index contributed by atoms with van der Waals surface area (Å²) in [5.74, 6) is 1.03. The minimum Gasteiger partial charge on any atom is -0.339 e. The Hall–Kier alpha value is -1.89. The molecule has 0 unspecified atom stereocenters.